The molecule has 0 unspecified atom stereocenters. The number of aryl methyl sites for hydroxylation is 1. The van der Waals surface area contributed by atoms with E-state index in [9.17, 15) is 4.79 Å². The molecule has 0 N–H and O–H groups in total. The molecule has 0 bridgehead atoms. The van der Waals surface area contributed by atoms with Gasteiger partial charge in [0.15, 0.2) is 0 Å². The van der Waals surface area contributed by atoms with Crippen molar-refractivity contribution in [2.45, 2.75) is 70.6 Å². The molecule has 1 aliphatic carbocycles. The summed E-state index contributed by atoms with van der Waals surface area (Å²) in [5, 5.41) is 4.36. The fraction of sp³-hybridized carbons (Fsp3) is 0.765. The molecule has 2 heterocycles. The van der Waals surface area contributed by atoms with E-state index in [1.807, 2.05) is 28.9 Å². The Kier molecular flexibility index (Phi) is 5.13. The van der Waals surface area contributed by atoms with Crippen LogP contribution in [0.4, 0.5) is 0 Å². The molecular weight excluding hydrogens is 278 g/mol. The van der Waals surface area contributed by atoms with Gasteiger partial charge in [-0.05, 0) is 44.6 Å². The summed E-state index contributed by atoms with van der Waals surface area (Å²) in [6.45, 7) is 3.95. The highest BCUT2D eigenvalue weighted by Gasteiger charge is 2.28. The van der Waals surface area contributed by atoms with Crippen LogP contribution in [0.3, 0.4) is 0 Å². The third-order valence-corrected chi connectivity index (χ3v) is 4.85. The number of amides is 1. The number of carbonyl (C=O) groups is 1. The van der Waals surface area contributed by atoms with Crippen molar-refractivity contribution in [1.82, 2.24) is 14.7 Å². The predicted molar refractivity (Wildman–Crippen MR) is 84.5 cm³/mol. The number of aromatic nitrogens is 2. The molecule has 0 aromatic carbocycles. The van der Waals surface area contributed by atoms with Crippen LogP contribution < -0.4 is 0 Å². The van der Waals surface area contributed by atoms with Crippen LogP contribution >= 0.6 is 0 Å². The predicted octanol–water partition coefficient (Wildman–Crippen LogP) is 2.53. The second-order valence-corrected chi connectivity index (χ2v) is 6.69. The maximum atomic E-state index is 12.5. The van der Waals surface area contributed by atoms with Crippen LogP contribution in [0.5, 0.6) is 0 Å². The third kappa shape index (κ3) is 3.88. The maximum Gasteiger partial charge on any atom is 0.248 e. The highest BCUT2D eigenvalue weighted by atomic mass is 16.5. The molecule has 2 fully saturated rings. The summed E-state index contributed by atoms with van der Waals surface area (Å²) in [4.78, 5) is 14.6. The van der Waals surface area contributed by atoms with Crippen molar-refractivity contribution >= 4 is 5.91 Å². The maximum absolute atomic E-state index is 12.5. The Hall–Kier alpha value is -1.36. The fourth-order valence-corrected chi connectivity index (χ4v) is 3.63. The average molecular weight is 305 g/mol. The number of hydrogen-bond acceptors (Lipinski definition) is 3. The first kappa shape index (κ1) is 15.5. The topological polar surface area (TPSA) is 47.4 Å². The second kappa shape index (κ2) is 7.27. The van der Waals surface area contributed by atoms with Gasteiger partial charge in [0.25, 0.3) is 0 Å². The van der Waals surface area contributed by atoms with E-state index in [1.165, 1.54) is 24.8 Å². The molecule has 122 valence electrons. The lowest BCUT2D eigenvalue weighted by atomic mass is 10.0. The van der Waals surface area contributed by atoms with Crippen molar-refractivity contribution < 1.29 is 9.53 Å². The van der Waals surface area contributed by atoms with Crippen molar-refractivity contribution in [3.63, 3.8) is 0 Å². The van der Waals surface area contributed by atoms with E-state index in [0.29, 0.717) is 6.10 Å². The quantitative estimate of drug-likeness (QED) is 0.840. The van der Waals surface area contributed by atoms with Gasteiger partial charge in [-0.1, -0.05) is 12.8 Å². The molecule has 0 radical (unpaired) electrons. The molecule has 5 nitrogen and oxygen atoms in total. The first-order valence-electron chi connectivity index (χ1n) is 8.62. The minimum atomic E-state index is 0.153. The molecule has 1 atom stereocenters. The Balaban J connectivity index is 1.55. The van der Waals surface area contributed by atoms with E-state index in [4.69, 9.17) is 4.74 Å². The van der Waals surface area contributed by atoms with Crippen LogP contribution in [0.25, 0.3) is 0 Å². The van der Waals surface area contributed by atoms with E-state index >= 15 is 0 Å². The summed E-state index contributed by atoms with van der Waals surface area (Å²) in [5.74, 6) is 0.153. The summed E-state index contributed by atoms with van der Waals surface area (Å²) >= 11 is 0. The molecule has 1 saturated carbocycles. The standard InChI is InChI=1S/C17H27N3O2/c1-14-10-18-19(11-14)12-15-6-4-5-9-20(15)17(21)13-22-16-7-2-3-8-16/h10-11,15-16H,2-9,12-13H2,1H3/t15-/m0/s1. The smallest absolute Gasteiger partial charge is 0.248 e. The van der Waals surface area contributed by atoms with Crippen molar-refractivity contribution in [2.24, 2.45) is 0 Å². The number of nitrogens with zero attached hydrogens (tertiary/aromatic N) is 3. The van der Waals surface area contributed by atoms with Gasteiger partial charge in [-0.3, -0.25) is 9.48 Å². The second-order valence-electron chi connectivity index (χ2n) is 6.69. The number of likely N-dealkylation sites (tertiary alicyclic amines) is 1. The van der Waals surface area contributed by atoms with Gasteiger partial charge in [0.05, 0.1) is 24.9 Å². The molecule has 22 heavy (non-hydrogen) atoms. The van der Waals surface area contributed by atoms with Crippen molar-refractivity contribution in [3.8, 4) is 0 Å². The number of rotatable bonds is 5. The highest BCUT2D eigenvalue weighted by Crippen LogP contribution is 2.22. The lowest BCUT2D eigenvalue weighted by Crippen LogP contribution is -2.47. The number of hydrogen-bond donors (Lipinski definition) is 0. The van der Waals surface area contributed by atoms with Gasteiger partial charge >= 0.3 is 0 Å². The zero-order valence-corrected chi connectivity index (χ0v) is 13.5. The SMILES string of the molecule is Cc1cnn(C[C@@H]2CCCCN2C(=O)COC2CCCC2)c1. The van der Waals surface area contributed by atoms with Gasteiger partial charge in [0.2, 0.25) is 5.91 Å². The molecular formula is C17H27N3O2. The average Bonchev–Trinajstić information content (AvgIpc) is 3.17. The van der Waals surface area contributed by atoms with Crippen molar-refractivity contribution in [3.05, 3.63) is 18.0 Å². The zero-order valence-electron chi connectivity index (χ0n) is 13.5. The summed E-state index contributed by atoms with van der Waals surface area (Å²) in [6, 6.07) is 0.257. The lowest BCUT2D eigenvalue weighted by Gasteiger charge is -2.36. The third-order valence-electron chi connectivity index (χ3n) is 4.85. The molecule has 1 aromatic rings. The molecule has 2 aliphatic rings. The van der Waals surface area contributed by atoms with Crippen LogP contribution in [0, 0.1) is 6.92 Å². The van der Waals surface area contributed by atoms with Crippen LogP contribution in [0.2, 0.25) is 0 Å². The van der Waals surface area contributed by atoms with Gasteiger partial charge < -0.3 is 9.64 Å². The summed E-state index contributed by atoms with van der Waals surface area (Å²) in [7, 11) is 0. The molecule has 1 amide bonds. The van der Waals surface area contributed by atoms with Crippen LogP contribution in [0.1, 0.15) is 50.5 Å². The molecule has 1 saturated heterocycles. The van der Waals surface area contributed by atoms with Crippen LogP contribution in [-0.2, 0) is 16.1 Å². The minimum absolute atomic E-state index is 0.153. The van der Waals surface area contributed by atoms with E-state index in [1.54, 1.807) is 0 Å². The van der Waals surface area contributed by atoms with Crippen LogP contribution in [-0.4, -0.2) is 45.9 Å². The summed E-state index contributed by atoms with van der Waals surface area (Å²) in [5.41, 5.74) is 1.17. The van der Waals surface area contributed by atoms with Gasteiger partial charge in [-0.15, -0.1) is 0 Å². The Bertz CT molecular complexity index is 494. The molecule has 5 heteroatoms. The Labute approximate surface area is 132 Å². The largest absolute Gasteiger partial charge is 0.368 e. The number of ether oxygens (including phenoxy) is 1. The van der Waals surface area contributed by atoms with E-state index in [0.717, 1.165) is 38.8 Å². The van der Waals surface area contributed by atoms with Crippen molar-refractivity contribution in [1.29, 1.82) is 0 Å². The van der Waals surface area contributed by atoms with Gasteiger partial charge in [0, 0.05) is 12.7 Å². The molecule has 1 aromatic heterocycles. The van der Waals surface area contributed by atoms with Crippen LogP contribution in [0.15, 0.2) is 12.4 Å². The van der Waals surface area contributed by atoms with Crippen molar-refractivity contribution in [2.75, 3.05) is 13.2 Å². The number of piperidine rings is 1. The number of carbonyl (C=O) groups excluding carboxylic acids is 1. The van der Waals surface area contributed by atoms with Gasteiger partial charge in [-0.2, -0.15) is 5.10 Å². The lowest BCUT2D eigenvalue weighted by molar-refractivity contribution is -0.142. The first-order chi connectivity index (χ1) is 10.7. The minimum Gasteiger partial charge on any atom is -0.368 e. The molecule has 0 spiro atoms. The fourth-order valence-electron chi connectivity index (χ4n) is 3.63. The summed E-state index contributed by atoms with van der Waals surface area (Å²) in [6.07, 6.45) is 12.3. The van der Waals surface area contributed by atoms with E-state index in [-0.39, 0.29) is 18.6 Å². The molecule has 1 aliphatic heterocycles. The Morgan fingerprint density at radius 3 is 2.77 bits per heavy atom. The highest BCUT2D eigenvalue weighted by molar-refractivity contribution is 5.77. The van der Waals surface area contributed by atoms with Gasteiger partial charge in [0.1, 0.15) is 6.61 Å². The normalized spacial score (nSPS) is 23.1. The first-order valence-corrected chi connectivity index (χ1v) is 8.62. The summed E-state index contributed by atoms with van der Waals surface area (Å²) < 4.78 is 7.77. The Morgan fingerprint density at radius 1 is 1.27 bits per heavy atom. The van der Waals surface area contributed by atoms with E-state index in [2.05, 4.69) is 5.10 Å². The zero-order chi connectivity index (χ0) is 15.4. The van der Waals surface area contributed by atoms with E-state index < -0.39 is 0 Å². The Morgan fingerprint density at radius 2 is 2.05 bits per heavy atom. The monoisotopic (exact) mass is 305 g/mol. The van der Waals surface area contributed by atoms with Gasteiger partial charge in [-0.25, -0.2) is 0 Å². The molecule has 3 rings (SSSR count).